The van der Waals surface area contributed by atoms with Gasteiger partial charge in [-0.25, -0.2) is 27.8 Å². The first-order valence-electron chi connectivity index (χ1n) is 13.0. The Morgan fingerprint density at radius 1 is 1.05 bits per heavy atom. The van der Waals surface area contributed by atoms with Crippen LogP contribution >= 0.6 is 27.3 Å². The molecule has 0 fully saturated rings. The highest BCUT2D eigenvalue weighted by molar-refractivity contribution is 9.10. The summed E-state index contributed by atoms with van der Waals surface area (Å²) in [6.45, 7) is 0.918. The summed E-state index contributed by atoms with van der Waals surface area (Å²) in [7, 11) is -3.02. The number of nitrogens with zero attached hydrogens (tertiary/aromatic N) is 4. The van der Waals surface area contributed by atoms with Gasteiger partial charge in [0, 0.05) is 35.7 Å². The van der Waals surface area contributed by atoms with Crippen LogP contribution in [0.3, 0.4) is 0 Å². The van der Waals surface area contributed by atoms with E-state index in [9.17, 15) is 12.8 Å². The third kappa shape index (κ3) is 8.28. The maximum atomic E-state index is 13.5. The number of hydrogen-bond acceptors (Lipinski definition) is 10. The zero-order chi connectivity index (χ0) is 29.5. The number of aromatic nitrogens is 4. The molecule has 3 aromatic heterocycles. The minimum atomic E-state index is -3.02. The lowest BCUT2D eigenvalue weighted by atomic mass is 10.2. The molecule has 5 aromatic rings. The van der Waals surface area contributed by atoms with Crippen LogP contribution in [0.4, 0.5) is 15.9 Å². The van der Waals surface area contributed by atoms with E-state index in [1.807, 2.05) is 35.7 Å². The molecular formula is C29H27BrFN5O4S2. The van der Waals surface area contributed by atoms with Crippen molar-refractivity contribution in [2.75, 3.05) is 30.5 Å². The van der Waals surface area contributed by atoms with Gasteiger partial charge in [0.1, 0.15) is 40.2 Å². The van der Waals surface area contributed by atoms with Gasteiger partial charge in [0.05, 0.1) is 44.9 Å². The normalized spacial score (nSPS) is 11.6. The Balaban J connectivity index is 1.24. The van der Waals surface area contributed by atoms with Crippen LogP contribution in [0.2, 0.25) is 0 Å². The summed E-state index contributed by atoms with van der Waals surface area (Å²) >= 11 is 5.11. The number of benzene rings is 2. The third-order valence-electron chi connectivity index (χ3n) is 6.09. The number of thiazole rings is 1. The van der Waals surface area contributed by atoms with Crippen LogP contribution in [0.15, 0.2) is 70.9 Å². The number of halogens is 2. The molecule has 218 valence electrons. The second-order valence-corrected chi connectivity index (χ2v) is 13.5. The summed E-state index contributed by atoms with van der Waals surface area (Å²) in [5.74, 6) is 0.970. The third-order valence-corrected chi connectivity index (χ3v) is 8.53. The summed E-state index contributed by atoms with van der Waals surface area (Å²) in [5, 5.41) is 7.05. The minimum absolute atomic E-state index is 0.0254. The summed E-state index contributed by atoms with van der Waals surface area (Å²) in [5.41, 5.74) is 3.67. The number of hydrogen-bond donors (Lipinski definition) is 1. The Bertz CT molecular complexity index is 1800. The van der Waals surface area contributed by atoms with E-state index in [1.165, 1.54) is 24.7 Å². The lowest BCUT2D eigenvalue weighted by Crippen LogP contribution is -2.10. The molecule has 0 radical (unpaired) electrons. The van der Waals surface area contributed by atoms with E-state index >= 15 is 0 Å². The van der Waals surface area contributed by atoms with Crippen LogP contribution in [-0.4, -0.2) is 53.6 Å². The summed E-state index contributed by atoms with van der Waals surface area (Å²) in [4.78, 5) is 18.1. The molecule has 0 aliphatic rings. The van der Waals surface area contributed by atoms with Gasteiger partial charge in [0.25, 0.3) is 0 Å². The van der Waals surface area contributed by atoms with Crippen LogP contribution in [0, 0.1) is 5.82 Å². The van der Waals surface area contributed by atoms with Crippen molar-refractivity contribution in [3.05, 3.63) is 87.3 Å². The van der Waals surface area contributed by atoms with Crippen molar-refractivity contribution in [2.45, 2.75) is 19.4 Å². The van der Waals surface area contributed by atoms with Crippen LogP contribution in [0.5, 0.6) is 5.75 Å². The molecule has 0 aliphatic heterocycles. The number of fused-ring (bicyclic) bond motifs is 1. The Labute approximate surface area is 255 Å². The van der Waals surface area contributed by atoms with Crippen LogP contribution < -0.4 is 10.1 Å². The SMILES string of the molecule is CS(=O)(=O)CCOCCCc1nc(-c2cc3c(Nc4ccc(OCc5cccc(F)c5)c(Br)c4)ncnc3cn2)cs1. The number of sulfone groups is 1. The van der Waals surface area contributed by atoms with Crippen molar-refractivity contribution in [3.8, 4) is 17.1 Å². The molecule has 0 bridgehead atoms. The van der Waals surface area contributed by atoms with Crippen molar-refractivity contribution in [3.63, 3.8) is 0 Å². The van der Waals surface area contributed by atoms with Gasteiger partial charge in [0.15, 0.2) is 0 Å². The number of pyridine rings is 1. The van der Waals surface area contributed by atoms with Crippen molar-refractivity contribution in [1.82, 2.24) is 19.9 Å². The molecule has 0 unspecified atom stereocenters. The van der Waals surface area contributed by atoms with E-state index < -0.39 is 9.84 Å². The maximum Gasteiger partial charge on any atom is 0.149 e. The van der Waals surface area contributed by atoms with Crippen molar-refractivity contribution in [1.29, 1.82) is 0 Å². The average Bonchev–Trinajstić information content (AvgIpc) is 3.43. The molecule has 0 saturated carbocycles. The van der Waals surface area contributed by atoms with E-state index in [4.69, 9.17) is 14.5 Å². The Kier molecular flexibility index (Phi) is 9.73. The van der Waals surface area contributed by atoms with Gasteiger partial charge in [-0.3, -0.25) is 4.98 Å². The minimum Gasteiger partial charge on any atom is -0.488 e. The van der Waals surface area contributed by atoms with Gasteiger partial charge in [-0.05, 0) is 64.3 Å². The van der Waals surface area contributed by atoms with Gasteiger partial charge >= 0.3 is 0 Å². The van der Waals surface area contributed by atoms with Gasteiger partial charge in [-0.15, -0.1) is 11.3 Å². The van der Waals surface area contributed by atoms with Crippen molar-refractivity contribution >= 4 is 59.5 Å². The molecule has 13 heteroatoms. The number of ether oxygens (including phenoxy) is 2. The Morgan fingerprint density at radius 3 is 2.74 bits per heavy atom. The van der Waals surface area contributed by atoms with Gasteiger partial charge in [-0.1, -0.05) is 12.1 Å². The molecule has 0 atom stereocenters. The first-order valence-corrected chi connectivity index (χ1v) is 16.7. The molecule has 42 heavy (non-hydrogen) atoms. The fraction of sp³-hybridized carbons (Fsp3) is 0.241. The molecule has 5 rings (SSSR count). The maximum absolute atomic E-state index is 13.5. The highest BCUT2D eigenvalue weighted by Gasteiger charge is 2.12. The van der Waals surface area contributed by atoms with Crippen LogP contribution in [0.25, 0.3) is 22.3 Å². The van der Waals surface area contributed by atoms with Crippen molar-refractivity contribution < 1.29 is 22.3 Å². The molecule has 1 N–H and O–H groups in total. The van der Waals surface area contributed by atoms with Crippen molar-refractivity contribution in [2.24, 2.45) is 0 Å². The van der Waals surface area contributed by atoms with E-state index in [0.717, 1.165) is 44.7 Å². The summed E-state index contributed by atoms with van der Waals surface area (Å²) < 4.78 is 47.9. The number of nitrogens with one attached hydrogen (secondary N) is 1. The molecule has 9 nitrogen and oxygen atoms in total. The topological polar surface area (TPSA) is 116 Å². The molecule has 3 heterocycles. The summed E-state index contributed by atoms with van der Waals surface area (Å²) in [6.07, 6.45) is 5.85. The predicted octanol–water partition coefficient (Wildman–Crippen LogP) is 6.37. The zero-order valence-electron chi connectivity index (χ0n) is 22.6. The average molecular weight is 673 g/mol. The standard InChI is InChI=1S/C29H27BrFN5O4S2/c1-42(37,38)11-10-39-9-3-6-28-36-26(17-41-28)24-14-22-25(15-32-24)33-18-34-29(22)35-21-7-8-27(23(30)13-21)40-16-19-4-2-5-20(31)12-19/h2,4-5,7-8,12-15,17-18H,3,6,9-11,16H2,1H3,(H,33,34,35). The lowest BCUT2D eigenvalue weighted by Gasteiger charge is -2.12. The van der Waals surface area contributed by atoms with Gasteiger partial charge in [0.2, 0.25) is 0 Å². The smallest absolute Gasteiger partial charge is 0.149 e. The second kappa shape index (κ2) is 13.6. The first kappa shape index (κ1) is 30.0. The lowest BCUT2D eigenvalue weighted by molar-refractivity contribution is 0.146. The van der Waals surface area contributed by atoms with Gasteiger partial charge < -0.3 is 14.8 Å². The zero-order valence-corrected chi connectivity index (χ0v) is 25.8. The quantitative estimate of drug-likeness (QED) is 0.143. The number of aryl methyl sites for hydroxylation is 1. The van der Waals surface area contributed by atoms with E-state index in [-0.39, 0.29) is 24.8 Å². The monoisotopic (exact) mass is 671 g/mol. The highest BCUT2D eigenvalue weighted by Crippen LogP contribution is 2.32. The molecule has 0 saturated heterocycles. The first-order chi connectivity index (χ1) is 20.2. The fourth-order valence-electron chi connectivity index (χ4n) is 4.00. The second-order valence-electron chi connectivity index (χ2n) is 9.47. The number of rotatable bonds is 13. The molecule has 0 amide bonds. The Morgan fingerprint density at radius 2 is 1.93 bits per heavy atom. The predicted molar refractivity (Wildman–Crippen MR) is 165 cm³/mol. The molecular weight excluding hydrogens is 645 g/mol. The van der Waals surface area contributed by atoms with Crippen LogP contribution in [-0.2, 0) is 27.6 Å². The summed E-state index contributed by atoms with van der Waals surface area (Å²) in [6, 6.07) is 13.8. The molecule has 0 aliphatic carbocycles. The Hall–Kier alpha value is -3.52. The molecule has 2 aromatic carbocycles. The van der Waals surface area contributed by atoms with Gasteiger partial charge in [-0.2, -0.15) is 0 Å². The largest absolute Gasteiger partial charge is 0.488 e. The molecule has 0 spiro atoms. The highest BCUT2D eigenvalue weighted by atomic mass is 79.9. The van der Waals surface area contributed by atoms with E-state index in [2.05, 4.69) is 36.2 Å². The fourth-order valence-corrected chi connectivity index (χ4v) is 5.75. The van der Waals surface area contributed by atoms with E-state index in [1.54, 1.807) is 23.6 Å². The van der Waals surface area contributed by atoms with E-state index in [0.29, 0.717) is 29.4 Å². The number of anilines is 2. The van der Waals surface area contributed by atoms with Crippen LogP contribution in [0.1, 0.15) is 17.0 Å².